The molecule has 0 saturated carbocycles. The number of rotatable bonds is 4. The number of nitrogens with one attached hydrogen (secondary N) is 1. The van der Waals surface area contributed by atoms with Gasteiger partial charge in [-0.3, -0.25) is 10.1 Å². The Kier molecular flexibility index (Phi) is 3.80. The van der Waals surface area contributed by atoms with Crippen LogP contribution < -0.4 is 5.32 Å². The molecule has 0 aliphatic heterocycles. The molecule has 0 spiro atoms. The van der Waals surface area contributed by atoms with Crippen LogP contribution in [-0.4, -0.2) is 4.92 Å². The molecule has 0 unspecified atom stereocenters. The van der Waals surface area contributed by atoms with Crippen LogP contribution in [-0.2, 0) is 6.54 Å². The van der Waals surface area contributed by atoms with Crippen LogP contribution in [0.2, 0.25) is 0 Å². The van der Waals surface area contributed by atoms with Crippen molar-refractivity contribution in [3.63, 3.8) is 0 Å². The van der Waals surface area contributed by atoms with Crippen LogP contribution in [0.25, 0.3) is 0 Å². The average Bonchev–Trinajstić information content (AvgIpc) is 2.40. The lowest BCUT2D eigenvalue weighted by atomic mass is 10.1. The van der Waals surface area contributed by atoms with Crippen molar-refractivity contribution in [1.82, 2.24) is 0 Å². The van der Waals surface area contributed by atoms with E-state index >= 15 is 0 Å². The zero-order chi connectivity index (χ0) is 13.8. The molecular weight excluding hydrogens is 240 g/mol. The lowest BCUT2D eigenvalue weighted by Crippen LogP contribution is -2.01. The van der Waals surface area contributed by atoms with Crippen LogP contribution in [0, 0.1) is 24.0 Å². The molecule has 0 fully saturated rings. The molecular formula is C15H16N2O2. The van der Waals surface area contributed by atoms with Crippen LogP contribution in [0.1, 0.15) is 16.7 Å². The molecule has 0 aromatic heterocycles. The monoisotopic (exact) mass is 256 g/mol. The van der Waals surface area contributed by atoms with Gasteiger partial charge in [-0.1, -0.05) is 23.8 Å². The highest BCUT2D eigenvalue weighted by molar-refractivity contribution is 5.49. The van der Waals surface area contributed by atoms with Gasteiger partial charge in [-0.05, 0) is 37.1 Å². The van der Waals surface area contributed by atoms with Gasteiger partial charge in [0.15, 0.2) is 0 Å². The highest BCUT2D eigenvalue weighted by atomic mass is 16.6. The van der Waals surface area contributed by atoms with E-state index in [-0.39, 0.29) is 5.69 Å². The summed E-state index contributed by atoms with van der Waals surface area (Å²) in [5.41, 5.74) is 4.69. The van der Waals surface area contributed by atoms with E-state index in [0.717, 1.165) is 5.69 Å². The second-order valence-electron chi connectivity index (χ2n) is 4.59. The van der Waals surface area contributed by atoms with Crippen molar-refractivity contribution < 1.29 is 4.92 Å². The molecule has 2 aromatic rings. The minimum Gasteiger partial charge on any atom is -0.381 e. The third-order valence-corrected chi connectivity index (χ3v) is 3.07. The Morgan fingerprint density at radius 3 is 2.42 bits per heavy atom. The van der Waals surface area contributed by atoms with Crippen molar-refractivity contribution in [1.29, 1.82) is 0 Å². The van der Waals surface area contributed by atoms with E-state index in [0.29, 0.717) is 6.54 Å². The van der Waals surface area contributed by atoms with Crippen molar-refractivity contribution in [3.8, 4) is 0 Å². The van der Waals surface area contributed by atoms with Gasteiger partial charge in [-0.25, -0.2) is 0 Å². The van der Waals surface area contributed by atoms with E-state index in [1.807, 2.05) is 0 Å². The molecule has 0 atom stereocenters. The second kappa shape index (κ2) is 5.52. The summed E-state index contributed by atoms with van der Waals surface area (Å²) in [7, 11) is 0. The topological polar surface area (TPSA) is 55.2 Å². The lowest BCUT2D eigenvalue weighted by Gasteiger charge is -2.09. The summed E-state index contributed by atoms with van der Waals surface area (Å²) in [5, 5.41) is 13.8. The summed E-state index contributed by atoms with van der Waals surface area (Å²) >= 11 is 0. The van der Waals surface area contributed by atoms with Crippen LogP contribution in [0.3, 0.4) is 0 Å². The molecule has 0 saturated heterocycles. The van der Waals surface area contributed by atoms with Crippen molar-refractivity contribution in [2.24, 2.45) is 0 Å². The van der Waals surface area contributed by atoms with Gasteiger partial charge < -0.3 is 5.32 Å². The van der Waals surface area contributed by atoms with Gasteiger partial charge >= 0.3 is 0 Å². The maximum Gasteiger partial charge on any atom is 0.269 e. The first-order chi connectivity index (χ1) is 9.06. The Morgan fingerprint density at radius 1 is 1.11 bits per heavy atom. The Hall–Kier alpha value is -2.36. The standard InChI is InChI=1S/C15H16N2O2/c1-11-3-4-12(2)13(9-11)10-16-14-5-7-15(8-6-14)17(18)19/h3-9,16H,10H2,1-2H3. The number of nitrogens with zero attached hydrogens (tertiary/aromatic N) is 1. The molecule has 1 N–H and O–H groups in total. The average molecular weight is 256 g/mol. The highest BCUT2D eigenvalue weighted by Crippen LogP contribution is 2.17. The van der Waals surface area contributed by atoms with Crippen molar-refractivity contribution in [3.05, 3.63) is 69.3 Å². The van der Waals surface area contributed by atoms with E-state index in [1.165, 1.54) is 28.8 Å². The SMILES string of the molecule is Cc1ccc(C)c(CNc2ccc([N+](=O)[O-])cc2)c1. The number of non-ortho nitro benzene ring substituents is 1. The van der Waals surface area contributed by atoms with E-state index < -0.39 is 4.92 Å². The fourth-order valence-corrected chi connectivity index (χ4v) is 1.89. The van der Waals surface area contributed by atoms with E-state index in [4.69, 9.17) is 0 Å². The summed E-state index contributed by atoms with van der Waals surface area (Å²) in [5.74, 6) is 0. The number of nitro benzene ring substituents is 1. The molecule has 19 heavy (non-hydrogen) atoms. The minimum absolute atomic E-state index is 0.109. The first-order valence-corrected chi connectivity index (χ1v) is 6.11. The van der Waals surface area contributed by atoms with Crippen molar-refractivity contribution >= 4 is 11.4 Å². The summed E-state index contributed by atoms with van der Waals surface area (Å²) < 4.78 is 0. The predicted octanol–water partition coefficient (Wildman–Crippen LogP) is 3.82. The normalized spacial score (nSPS) is 10.2. The van der Waals surface area contributed by atoms with Gasteiger partial charge in [0.1, 0.15) is 0 Å². The molecule has 0 radical (unpaired) electrons. The Bertz CT molecular complexity index is 592. The smallest absolute Gasteiger partial charge is 0.269 e. The summed E-state index contributed by atoms with van der Waals surface area (Å²) in [6.45, 7) is 4.85. The van der Waals surface area contributed by atoms with Crippen LogP contribution in [0.15, 0.2) is 42.5 Å². The molecule has 98 valence electrons. The van der Waals surface area contributed by atoms with Crippen molar-refractivity contribution in [2.45, 2.75) is 20.4 Å². The van der Waals surface area contributed by atoms with Crippen LogP contribution in [0.5, 0.6) is 0 Å². The zero-order valence-corrected chi connectivity index (χ0v) is 11.0. The van der Waals surface area contributed by atoms with Crippen molar-refractivity contribution in [2.75, 3.05) is 5.32 Å². The number of anilines is 1. The van der Waals surface area contributed by atoms with Gasteiger partial charge in [0.25, 0.3) is 5.69 Å². The van der Waals surface area contributed by atoms with Gasteiger partial charge in [-0.15, -0.1) is 0 Å². The third-order valence-electron chi connectivity index (χ3n) is 3.07. The van der Waals surface area contributed by atoms with Crippen LogP contribution >= 0.6 is 0 Å². The lowest BCUT2D eigenvalue weighted by molar-refractivity contribution is -0.384. The summed E-state index contributed by atoms with van der Waals surface area (Å²) in [6.07, 6.45) is 0. The molecule has 2 aromatic carbocycles. The molecule has 0 heterocycles. The molecule has 4 heteroatoms. The summed E-state index contributed by atoms with van der Waals surface area (Å²) in [4.78, 5) is 10.2. The first kappa shape index (κ1) is 13.1. The van der Waals surface area contributed by atoms with Gasteiger partial charge in [0.05, 0.1) is 4.92 Å². The molecule has 0 bridgehead atoms. The Morgan fingerprint density at radius 2 is 1.79 bits per heavy atom. The molecule has 0 amide bonds. The largest absolute Gasteiger partial charge is 0.381 e. The van der Waals surface area contributed by atoms with E-state index in [1.54, 1.807) is 12.1 Å². The fraction of sp³-hybridized carbons (Fsp3) is 0.200. The molecule has 4 nitrogen and oxygen atoms in total. The molecule has 2 rings (SSSR count). The first-order valence-electron chi connectivity index (χ1n) is 6.11. The second-order valence-corrected chi connectivity index (χ2v) is 4.59. The maximum absolute atomic E-state index is 10.6. The number of hydrogen-bond acceptors (Lipinski definition) is 3. The minimum atomic E-state index is -0.394. The Labute approximate surface area is 112 Å². The van der Waals surface area contributed by atoms with Gasteiger partial charge in [0.2, 0.25) is 0 Å². The number of hydrogen-bond donors (Lipinski definition) is 1. The summed E-state index contributed by atoms with van der Waals surface area (Å²) in [6, 6.07) is 12.8. The van der Waals surface area contributed by atoms with Gasteiger partial charge in [0, 0.05) is 24.4 Å². The Balaban J connectivity index is 2.06. The van der Waals surface area contributed by atoms with E-state index in [2.05, 4.69) is 37.4 Å². The molecule has 0 aliphatic rings. The number of benzene rings is 2. The quantitative estimate of drug-likeness (QED) is 0.668. The fourth-order valence-electron chi connectivity index (χ4n) is 1.89. The van der Waals surface area contributed by atoms with Gasteiger partial charge in [-0.2, -0.15) is 0 Å². The maximum atomic E-state index is 10.6. The zero-order valence-electron chi connectivity index (χ0n) is 11.0. The van der Waals surface area contributed by atoms with E-state index in [9.17, 15) is 10.1 Å². The third kappa shape index (κ3) is 3.31. The highest BCUT2D eigenvalue weighted by Gasteiger charge is 2.04. The molecule has 0 aliphatic carbocycles. The van der Waals surface area contributed by atoms with Crippen LogP contribution in [0.4, 0.5) is 11.4 Å². The number of aryl methyl sites for hydroxylation is 2. The number of nitro groups is 1. The predicted molar refractivity (Wildman–Crippen MR) is 76.3 cm³/mol.